The first kappa shape index (κ1) is 16.0. The summed E-state index contributed by atoms with van der Waals surface area (Å²) in [4.78, 5) is 1.55. The summed E-state index contributed by atoms with van der Waals surface area (Å²) in [6.07, 6.45) is 1.32. The largest absolute Gasteiger partial charge is 0.401 e. The summed E-state index contributed by atoms with van der Waals surface area (Å²) < 4.78 is 37.5. The summed E-state index contributed by atoms with van der Waals surface area (Å²) in [6.45, 7) is 1.65. The number of halogens is 3. The van der Waals surface area contributed by atoms with Crippen molar-refractivity contribution in [2.45, 2.75) is 69.2 Å². The highest BCUT2D eigenvalue weighted by molar-refractivity contribution is 4.93. The zero-order valence-electron chi connectivity index (χ0n) is 12.0. The van der Waals surface area contributed by atoms with E-state index in [1.54, 1.807) is 4.90 Å². The second-order valence-electron chi connectivity index (χ2n) is 6.56. The van der Waals surface area contributed by atoms with Gasteiger partial charge in [-0.1, -0.05) is 0 Å². The van der Waals surface area contributed by atoms with Crippen molar-refractivity contribution in [3.05, 3.63) is 0 Å². The van der Waals surface area contributed by atoms with Crippen LogP contribution >= 0.6 is 0 Å². The van der Waals surface area contributed by atoms with Crippen LogP contribution in [0.15, 0.2) is 0 Å². The van der Waals surface area contributed by atoms with Crippen LogP contribution in [0.5, 0.6) is 0 Å². The molecule has 1 atom stereocenters. The number of nitrogens with one attached hydrogen (secondary N) is 1. The summed E-state index contributed by atoms with van der Waals surface area (Å²) in [5, 5.41) is 12.9. The summed E-state index contributed by atoms with van der Waals surface area (Å²) in [5.74, 6) is 0. The minimum Gasteiger partial charge on any atom is -0.394 e. The second kappa shape index (κ2) is 6.20. The molecule has 20 heavy (non-hydrogen) atoms. The molecule has 2 rings (SSSR count). The van der Waals surface area contributed by atoms with Crippen LogP contribution in [0.25, 0.3) is 0 Å². The van der Waals surface area contributed by atoms with Crippen molar-refractivity contribution in [2.24, 2.45) is 0 Å². The fraction of sp³-hybridized carbons (Fsp3) is 1.00. The molecule has 118 valence electrons. The highest BCUT2D eigenvalue weighted by Gasteiger charge is 2.38. The smallest absolute Gasteiger partial charge is 0.394 e. The van der Waals surface area contributed by atoms with E-state index in [1.807, 2.05) is 6.92 Å². The van der Waals surface area contributed by atoms with E-state index in [9.17, 15) is 18.3 Å². The maximum atomic E-state index is 12.5. The third kappa shape index (κ3) is 5.58. The molecule has 2 aliphatic rings. The predicted octanol–water partition coefficient (Wildman–Crippen LogP) is 2.30. The van der Waals surface area contributed by atoms with Crippen molar-refractivity contribution in [2.75, 3.05) is 19.7 Å². The Morgan fingerprint density at radius 1 is 1.20 bits per heavy atom. The second-order valence-corrected chi connectivity index (χ2v) is 6.56. The Bertz CT molecular complexity index is 316. The third-order valence-corrected chi connectivity index (χ3v) is 4.10. The van der Waals surface area contributed by atoms with E-state index in [4.69, 9.17) is 0 Å². The first-order valence-corrected chi connectivity index (χ1v) is 7.51. The fourth-order valence-electron chi connectivity index (χ4n) is 2.65. The zero-order valence-corrected chi connectivity index (χ0v) is 12.0. The Labute approximate surface area is 118 Å². The first-order chi connectivity index (χ1) is 9.31. The molecule has 0 saturated heterocycles. The third-order valence-electron chi connectivity index (χ3n) is 4.10. The standard InChI is InChI=1S/C14H25F3N2O/c1-13(10-20,18-11-3-4-11)7-2-8-19(12-5-6-12)9-14(15,16)17/h11-12,18,20H,2-10H2,1H3. The van der Waals surface area contributed by atoms with Crippen molar-refractivity contribution < 1.29 is 18.3 Å². The summed E-state index contributed by atoms with van der Waals surface area (Å²) in [6, 6.07) is 0.607. The molecular weight excluding hydrogens is 269 g/mol. The van der Waals surface area contributed by atoms with Crippen LogP contribution in [-0.2, 0) is 0 Å². The molecule has 0 aromatic carbocycles. The molecule has 0 amide bonds. The number of rotatable bonds is 9. The van der Waals surface area contributed by atoms with Crippen molar-refractivity contribution in [1.82, 2.24) is 10.2 Å². The van der Waals surface area contributed by atoms with Crippen LogP contribution < -0.4 is 5.32 Å². The lowest BCUT2D eigenvalue weighted by molar-refractivity contribution is -0.147. The Hall–Kier alpha value is -0.330. The number of nitrogens with zero attached hydrogens (tertiary/aromatic N) is 1. The predicted molar refractivity (Wildman–Crippen MR) is 71.5 cm³/mol. The number of aliphatic hydroxyl groups is 1. The van der Waals surface area contributed by atoms with Crippen LogP contribution in [0.4, 0.5) is 13.2 Å². The van der Waals surface area contributed by atoms with Gasteiger partial charge in [-0.2, -0.15) is 13.2 Å². The highest BCUT2D eigenvalue weighted by atomic mass is 19.4. The Kier molecular flexibility index (Phi) is 4.97. The fourth-order valence-corrected chi connectivity index (χ4v) is 2.65. The lowest BCUT2D eigenvalue weighted by Crippen LogP contribution is -2.47. The number of hydrogen-bond donors (Lipinski definition) is 2. The molecule has 0 spiro atoms. The normalized spacial score (nSPS) is 23.1. The van der Waals surface area contributed by atoms with Gasteiger partial charge in [0.1, 0.15) is 0 Å². The van der Waals surface area contributed by atoms with Gasteiger partial charge >= 0.3 is 6.18 Å². The molecule has 0 bridgehead atoms. The molecule has 3 nitrogen and oxygen atoms in total. The monoisotopic (exact) mass is 294 g/mol. The minimum atomic E-state index is -4.12. The van der Waals surface area contributed by atoms with Gasteiger partial charge < -0.3 is 10.4 Å². The number of aliphatic hydroxyl groups excluding tert-OH is 1. The van der Waals surface area contributed by atoms with E-state index in [-0.39, 0.29) is 18.2 Å². The van der Waals surface area contributed by atoms with Crippen molar-refractivity contribution in [3.63, 3.8) is 0 Å². The van der Waals surface area contributed by atoms with Gasteiger partial charge in [-0.3, -0.25) is 4.90 Å². The molecule has 1 unspecified atom stereocenters. The van der Waals surface area contributed by atoms with Crippen LogP contribution in [-0.4, -0.2) is 53.5 Å². The Morgan fingerprint density at radius 3 is 2.30 bits per heavy atom. The van der Waals surface area contributed by atoms with Crippen molar-refractivity contribution in [3.8, 4) is 0 Å². The number of alkyl halides is 3. The van der Waals surface area contributed by atoms with Crippen LogP contribution in [0.2, 0.25) is 0 Å². The Morgan fingerprint density at radius 2 is 1.85 bits per heavy atom. The molecule has 0 aromatic rings. The van der Waals surface area contributed by atoms with Gasteiger partial charge in [0.15, 0.2) is 0 Å². The summed E-state index contributed by atoms with van der Waals surface area (Å²) in [5.41, 5.74) is -0.353. The molecule has 2 aliphatic carbocycles. The topological polar surface area (TPSA) is 35.5 Å². The number of hydrogen-bond acceptors (Lipinski definition) is 3. The Balaban J connectivity index is 1.73. The lowest BCUT2D eigenvalue weighted by Gasteiger charge is -2.31. The van der Waals surface area contributed by atoms with E-state index in [0.29, 0.717) is 25.4 Å². The van der Waals surface area contributed by atoms with Crippen LogP contribution in [0.3, 0.4) is 0 Å². The highest BCUT2D eigenvalue weighted by Crippen LogP contribution is 2.31. The quantitative estimate of drug-likeness (QED) is 0.685. The molecule has 0 aromatic heterocycles. The molecule has 6 heteroatoms. The maximum absolute atomic E-state index is 12.5. The van der Waals surface area contributed by atoms with Gasteiger partial charge in [0, 0.05) is 17.6 Å². The van der Waals surface area contributed by atoms with Gasteiger partial charge in [0.2, 0.25) is 0 Å². The van der Waals surface area contributed by atoms with E-state index in [1.165, 1.54) is 0 Å². The first-order valence-electron chi connectivity index (χ1n) is 7.51. The van der Waals surface area contributed by atoms with Gasteiger partial charge in [-0.15, -0.1) is 0 Å². The van der Waals surface area contributed by atoms with Gasteiger partial charge in [-0.25, -0.2) is 0 Å². The van der Waals surface area contributed by atoms with E-state index >= 15 is 0 Å². The molecule has 0 aliphatic heterocycles. The SMILES string of the molecule is CC(CO)(CCCN(CC(F)(F)F)C1CC1)NC1CC1. The molecule has 0 heterocycles. The van der Waals surface area contributed by atoms with Crippen molar-refractivity contribution in [1.29, 1.82) is 0 Å². The van der Waals surface area contributed by atoms with Gasteiger partial charge in [0.05, 0.1) is 13.2 Å². The van der Waals surface area contributed by atoms with E-state index < -0.39 is 12.7 Å². The summed E-state index contributed by atoms with van der Waals surface area (Å²) in [7, 11) is 0. The van der Waals surface area contributed by atoms with Crippen molar-refractivity contribution >= 4 is 0 Å². The maximum Gasteiger partial charge on any atom is 0.401 e. The molecule has 2 N–H and O–H groups in total. The average Bonchev–Trinajstić information content (AvgIpc) is 3.20. The zero-order chi connectivity index (χ0) is 14.8. The minimum absolute atomic E-state index is 0.0339. The van der Waals surface area contributed by atoms with Gasteiger partial charge in [0.25, 0.3) is 0 Å². The lowest BCUT2D eigenvalue weighted by atomic mass is 9.96. The summed E-state index contributed by atoms with van der Waals surface area (Å²) >= 11 is 0. The molecular formula is C14H25F3N2O. The molecule has 2 fully saturated rings. The molecule has 0 radical (unpaired) electrons. The van der Waals surface area contributed by atoms with Gasteiger partial charge in [-0.05, 0) is 52.0 Å². The van der Waals surface area contributed by atoms with Crippen LogP contribution in [0, 0.1) is 0 Å². The van der Waals surface area contributed by atoms with Crippen LogP contribution in [0.1, 0.15) is 45.4 Å². The van der Waals surface area contributed by atoms with E-state index in [0.717, 1.165) is 25.7 Å². The molecule has 2 saturated carbocycles. The van der Waals surface area contributed by atoms with E-state index in [2.05, 4.69) is 5.32 Å². The average molecular weight is 294 g/mol.